The van der Waals surface area contributed by atoms with E-state index in [1.165, 1.54) is 26.4 Å². The fourth-order valence-corrected chi connectivity index (χ4v) is 2.97. The number of nitrogens with one attached hydrogen (secondary N) is 1. The van der Waals surface area contributed by atoms with Gasteiger partial charge >= 0.3 is 5.97 Å². The predicted octanol–water partition coefficient (Wildman–Crippen LogP) is 3.70. The number of esters is 1. The van der Waals surface area contributed by atoms with Crippen molar-refractivity contribution in [2.45, 2.75) is 19.9 Å². The van der Waals surface area contributed by atoms with Gasteiger partial charge in [-0.2, -0.15) is 0 Å². The number of rotatable bonds is 7. The summed E-state index contributed by atoms with van der Waals surface area (Å²) < 4.78 is 15.4. The van der Waals surface area contributed by atoms with Crippen molar-refractivity contribution in [2.75, 3.05) is 20.8 Å². The molecule has 1 unspecified atom stereocenters. The highest BCUT2D eigenvalue weighted by molar-refractivity contribution is 6.32. The molecule has 0 heterocycles. The summed E-state index contributed by atoms with van der Waals surface area (Å²) in [6.45, 7) is 3.44. The number of amides is 1. The highest BCUT2D eigenvalue weighted by atomic mass is 35.5. The molecular formula is C20H22ClNO5. The Kier molecular flexibility index (Phi) is 7.07. The van der Waals surface area contributed by atoms with E-state index >= 15 is 0 Å². The summed E-state index contributed by atoms with van der Waals surface area (Å²) >= 11 is 6.08. The van der Waals surface area contributed by atoms with Gasteiger partial charge in [-0.15, -0.1) is 0 Å². The summed E-state index contributed by atoms with van der Waals surface area (Å²) in [4.78, 5) is 24.3. The molecule has 7 heteroatoms. The number of hydrogen-bond donors (Lipinski definition) is 1. The summed E-state index contributed by atoms with van der Waals surface area (Å²) in [6, 6.07) is 10.4. The SMILES string of the molecule is COc1cc(C(=O)OCC(=O)NC(C)c2ccccc2C)cc(Cl)c1OC. The Morgan fingerprint density at radius 2 is 1.85 bits per heavy atom. The monoisotopic (exact) mass is 391 g/mol. The molecule has 0 spiro atoms. The molecule has 144 valence electrons. The van der Waals surface area contributed by atoms with Crippen molar-refractivity contribution in [1.29, 1.82) is 0 Å². The van der Waals surface area contributed by atoms with Gasteiger partial charge in [-0.05, 0) is 37.1 Å². The zero-order valence-corrected chi connectivity index (χ0v) is 16.4. The quantitative estimate of drug-likeness (QED) is 0.728. The van der Waals surface area contributed by atoms with Crippen molar-refractivity contribution in [3.63, 3.8) is 0 Å². The molecule has 1 N–H and O–H groups in total. The van der Waals surface area contributed by atoms with E-state index in [4.69, 9.17) is 25.8 Å². The van der Waals surface area contributed by atoms with E-state index in [0.29, 0.717) is 11.5 Å². The maximum Gasteiger partial charge on any atom is 0.338 e. The molecule has 0 aromatic heterocycles. The summed E-state index contributed by atoms with van der Waals surface area (Å²) in [7, 11) is 2.88. The first-order chi connectivity index (χ1) is 12.9. The third-order valence-corrected chi connectivity index (χ3v) is 4.32. The Hall–Kier alpha value is -2.73. The van der Waals surface area contributed by atoms with Gasteiger partial charge in [0.05, 0.1) is 30.8 Å². The molecule has 1 amide bonds. The number of aryl methyl sites for hydroxylation is 1. The van der Waals surface area contributed by atoms with Crippen LogP contribution in [0.5, 0.6) is 11.5 Å². The van der Waals surface area contributed by atoms with Crippen LogP contribution in [0.3, 0.4) is 0 Å². The normalized spacial score (nSPS) is 11.4. The van der Waals surface area contributed by atoms with Gasteiger partial charge in [-0.3, -0.25) is 4.79 Å². The fourth-order valence-electron chi connectivity index (χ4n) is 2.68. The largest absolute Gasteiger partial charge is 0.493 e. The second-order valence-electron chi connectivity index (χ2n) is 5.92. The highest BCUT2D eigenvalue weighted by Crippen LogP contribution is 2.36. The number of halogens is 1. The van der Waals surface area contributed by atoms with Crippen LogP contribution in [0.2, 0.25) is 5.02 Å². The van der Waals surface area contributed by atoms with Crippen LogP contribution in [0, 0.1) is 6.92 Å². The van der Waals surface area contributed by atoms with Gasteiger partial charge < -0.3 is 19.5 Å². The first-order valence-electron chi connectivity index (χ1n) is 8.31. The van der Waals surface area contributed by atoms with Crippen LogP contribution in [-0.2, 0) is 9.53 Å². The molecule has 0 saturated heterocycles. The molecule has 27 heavy (non-hydrogen) atoms. The van der Waals surface area contributed by atoms with Crippen molar-refractivity contribution in [3.8, 4) is 11.5 Å². The molecule has 0 aliphatic heterocycles. The molecular weight excluding hydrogens is 370 g/mol. The molecule has 0 saturated carbocycles. The summed E-state index contributed by atoms with van der Waals surface area (Å²) in [5.74, 6) is -0.461. The standard InChI is InChI=1S/C20H22ClNO5/c1-12-7-5-6-8-15(12)13(2)22-18(23)11-27-20(24)14-9-16(21)19(26-4)17(10-14)25-3/h5-10,13H,11H2,1-4H3,(H,22,23). The van der Waals surface area contributed by atoms with Gasteiger partial charge in [-0.1, -0.05) is 35.9 Å². The van der Waals surface area contributed by atoms with Crippen LogP contribution in [0.1, 0.15) is 34.5 Å². The van der Waals surface area contributed by atoms with Crippen LogP contribution < -0.4 is 14.8 Å². The number of ether oxygens (including phenoxy) is 3. The average Bonchev–Trinajstić information content (AvgIpc) is 2.65. The molecule has 2 aromatic rings. The van der Waals surface area contributed by atoms with E-state index in [0.717, 1.165) is 11.1 Å². The molecule has 2 rings (SSSR count). The topological polar surface area (TPSA) is 73.9 Å². The van der Waals surface area contributed by atoms with E-state index in [1.807, 2.05) is 38.1 Å². The number of benzene rings is 2. The molecule has 0 aliphatic carbocycles. The van der Waals surface area contributed by atoms with Crippen molar-refractivity contribution in [2.24, 2.45) is 0 Å². The maximum absolute atomic E-state index is 12.2. The third kappa shape index (κ3) is 5.14. The van der Waals surface area contributed by atoms with E-state index in [2.05, 4.69) is 5.32 Å². The van der Waals surface area contributed by atoms with E-state index in [9.17, 15) is 9.59 Å². The van der Waals surface area contributed by atoms with Crippen LogP contribution >= 0.6 is 11.6 Å². The minimum atomic E-state index is -0.684. The number of carbonyl (C=O) groups excluding carboxylic acids is 2. The maximum atomic E-state index is 12.2. The minimum Gasteiger partial charge on any atom is -0.493 e. The van der Waals surface area contributed by atoms with Crippen molar-refractivity contribution >= 4 is 23.5 Å². The van der Waals surface area contributed by atoms with Crippen LogP contribution in [-0.4, -0.2) is 32.7 Å². The van der Waals surface area contributed by atoms with Crippen LogP contribution in [0.4, 0.5) is 0 Å². The van der Waals surface area contributed by atoms with Gasteiger partial charge in [0.15, 0.2) is 18.1 Å². The molecule has 2 aromatic carbocycles. The lowest BCUT2D eigenvalue weighted by atomic mass is 10.0. The Bertz CT molecular complexity index is 837. The second kappa shape index (κ2) is 9.28. The lowest BCUT2D eigenvalue weighted by Gasteiger charge is -2.16. The summed E-state index contributed by atoms with van der Waals surface area (Å²) in [6.07, 6.45) is 0. The van der Waals surface area contributed by atoms with Crippen molar-refractivity contribution in [1.82, 2.24) is 5.32 Å². The number of methoxy groups -OCH3 is 2. The second-order valence-corrected chi connectivity index (χ2v) is 6.32. The Labute approximate surface area is 163 Å². The lowest BCUT2D eigenvalue weighted by Crippen LogP contribution is -2.31. The summed E-state index contributed by atoms with van der Waals surface area (Å²) in [5.41, 5.74) is 2.24. The molecule has 0 radical (unpaired) electrons. The Balaban J connectivity index is 1.98. The van der Waals surface area contributed by atoms with E-state index in [1.54, 1.807) is 0 Å². The average molecular weight is 392 g/mol. The van der Waals surface area contributed by atoms with Gasteiger partial charge in [0.25, 0.3) is 5.91 Å². The van der Waals surface area contributed by atoms with E-state index in [-0.39, 0.29) is 16.6 Å². The fraction of sp³-hybridized carbons (Fsp3) is 0.300. The zero-order valence-electron chi connectivity index (χ0n) is 15.7. The van der Waals surface area contributed by atoms with Crippen LogP contribution in [0.15, 0.2) is 36.4 Å². The Morgan fingerprint density at radius 3 is 2.48 bits per heavy atom. The molecule has 0 bridgehead atoms. The lowest BCUT2D eigenvalue weighted by molar-refractivity contribution is -0.124. The van der Waals surface area contributed by atoms with E-state index < -0.39 is 18.5 Å². The van der Waals surface area contributed by atoms with Gasteiger partial charge in [0, 0.05) is 0 Å². The molecule has 1 atom stereocenters. The highest BCUT2D eigenvalue weighted by Gasteiger charge is 2.18. The Morgan fingerprint density at radius 1 is 1.15 bits per heavy atom. The third-order valence-electron chi connectivity index (χ3n) is 4.04. The number of carbonyl (C=O) groups is 2. The first kappa shape index (κ1) is 20.6. The molecule has 6 nitrogen and oxygen atoms in total. The predicted molar refractivity (Wildman–Crippen MR) is 103 cm³/mol. The van der Waals surface area contributed by atoms with Crippen LogP contribution in [0.25, 0.3) is 0 Å². The van der Waals surface area contributed by atoms with Gasteiger partial charge in [0.2, 0.25) is 0 Å². The van der Waals surface area contributed by atoms with Crippen molar-refractivity contribution in [3.05, 3.63) is 58.1 Å². The van der Waals surface area contributed by atoms with Crippen molar-refractivity contribution < 1.29 is 23.8 Å². The zero-order chi connectivity index (χ0) is 20.0. The molecule has 0 fully saturated rings. The minimum absolute atomic E-state index is 0.164. The smallest absolute Gasteiger partial charge is 0.338 e. The van der Waals surface area contributed by atoms with Gasteiger partial charge in [0.1, 0.15) is 0 Å². The molecule has 0 aliphatic rings. The summed E-state index contributed by atoms with van der Waals surface area (Å²) in [5, 5.41) is 3.02. The number of hydrogen-bond acceptors (Lipinski definition) is 5. The first-order valence-corrected chi connectivity index (χ1v) is 8.68. The van der Waals surface area contributed by atoms with Gasteiger partial charge in [-0.25, -0.2) is 4.79 Å².